The molecule has 2 aromatic heterocycles. The van der Waals surface area contributed by atoms with Crippen molar-refractivity contribution in [1.82, 2.24) is 14.8 Å². The molecule has 38 heavy (non-hydrogen) atoms. The van der Waals surface area contributed by atoms with Crippen molar-refractivity contribution in [3.8, 4) is 5.82 Å². The van der Waals surface area contributed by atoms with Crippen molar-refractivity contribution in [3.05, 3.63) is 64.8 Å². The number of hydrogen-bond donors (Lipinski definition) is 2. The zero-order valence-electron chi connectivity index (χ0n) is 20.2. The summed E-state index contributed by atoms with van der Waals surface area (Å²) in [5.41, 5.74) is 7.07. The molecule has 3 N–H and O–H groups in total. The van der Waals surface area contributed by atoms with E-state index in [4.69, 9.17) is 28.9 Å². The summed E-state index contributed by atoms with van der Waals surface area (Å²) in [6.07, 6.45) is 6.67. The van der Waals surface area contributed by atoms with Gasteiger partial charge in [-0.3, -0.25) is 13.7 Å². The zero-order valence-corrected chi connectivity index (χ0v) is 22.6. The van der Waals surface area contributed by atoms with E-state index >= 15 is 0 Å². The number of allylic oxidation sites excluding steroid dienone is 3. The predicted octanol–water partition coefficient (Wildman–Crippen LogP) is 3.59. The maximum atomic E-state index is 13.5. The van der Waals surface area contributed by atoms with Crippen LogP contribution in [0.1, 0.15) is 19.3 Å². The predicted molar refractivity (Wildman–Crippen MR) is 148 cm³/mol. The molecule has 1 aliphatic carbocycles. The van der Waals surface area contributed by atoms with Gasteiger partial charge >= 0.3 is 5.97 Å². The second-order valence-electron chi connectivity index (χ2n) is 9.36. The minimum absolute atomic E-state index is 0.00682. The maximum absolute atomic E-state index is 13.5. The Labute approximate surface area is 230 Å². The van der Waals surface area contributed by atoms with Gasteiger partial charge in [0.05, 0.1) is 11.2 Å². The molecule has 2 atom stereocenters. The molecule has 1 saturated heterocycles. The molecule has 5 rings (SSSR count). The molecule has 13 heteroatoms. The number of anilines is 2. The molecule has 3 heterocycles. The van der Waals surface area contributed by atoms with Gasteiger partial charge in [0.25, 0.3) is 0 Å². The fourth-order valence-corrected chi connectivity index (χ4v) is 7.33. The van der Waals surface area contributed by atoms with Crippen LogP contribution in [-0.4, -0.2) is 65.2 Å². The normalized spacial score (nSPS) is 20.2. The quantitative estimate of drug-likeness (QED) is 0.435. The van der Waals surface area contributed by atoms with Crippen LogP contribution < -0.4 is 14.9 Å². The molecule has 0 radical (unpaired) electrons. The van der Waals surface area contributed by atoms with E-state index in [1.54, 1.807) is 30.5 Å². The number of nitrogens with two attached hydrogens (primary N) is 1. The summed E-state index contributed by atoms with van der Waals surface area (Å²) >= 11 is 12.1. The van der Waals surface area contributed by atoms with Crippen molar-refractivity contribution in [2.45, 2.75) is 30.6 Å². The molecule has 1 aliphatic heterocycles. The average molecular weight is 577 g/mol. The summed E-state index contributed by atoms with van der Waals surface area (Å²) in [5, 5.41) is 18.4. The minimum Gasteiger partial charge on any atom is -0.480 e. The Morgan fingerprint density at radius 1 is 1.16 bits per heavy atom. The molecule has 0 spiro atoms. The molecule has 0 bridgehead atoms. The van der Waals surface area contributed by atoms with Gasteiger partial charge in [-0.15, -0.1) is 10.2 Å². The lowest BCUT2D eigenvalue weighted by Gasteiger charge is -2.31. The maximum Gasteiger partial charge on any atom is 0.324 e. The van der Waals surface area contributed by atoms with Crippen molar-refractivity contribution in [3.63, 3.8) is 0 Å². The zero-order chi connectivity index (χ0) is 27.0. The molecule has 2 aliphatic rings. The molecular formula is C25H26Cl2N6O4S. The van der Waals surface area contributed by atoms with Crippen LogP contribution in [0.4, 0.5) is 11.5 Å². The second kappa shape index (κ2) is 10.6. The Kier molecular flexibility index (Phi) is 7.36. The number of carboxylic acids is 1. The van der Waals surface area contributed by atoms with E-state index in [1.807, 2.05) is 16.7 Å². The highest BCUT2D eigenvalue weighted by molar-refractivity contribution is 7.93. The van der Waals surface area contributed by atoms with Crippen molar-refractivity contribution >= 4 is 61.6 Å². The first kappa shape index (κ1) is 26.5. The molecule has 1 aromatic carbocycles. The number of halogens is 2. The first-order chi connectivity index (χ1) is 18.1. The van der Waals surface area contributed by atoms with Gasteiger partial charge in [0.1, 0.15) is 11.8 Å². The highest BCUT2D eigenvalue weighted by Crippen LogP contribution is 2.33. The minimum atomic E-state index is -4.15. The molecule has 200 valence electrons. The molecule has 0 amide bonds. The number of aliphatic carboxylic acids is 1. The smallest absolute Gasteiger partial charge is 0.324 e. The molecule has 10 nitrogen and oxygen atoms in total. The first-order valence-electron chi connectivity index (χ1n) is 12.0. The van der Waals surface area contributed by atoms with E-state index in [0.717, 1.165) is 41.6 Å². The second-order valence-corrected chi connectivity index (χ2v) is 12.4. The van der Waals surface area contributed by atoms with Crippen molar-refractivity contribution < 1.29 is 18.3 Å². The monoisotopic (exact) mass is 576 g/mol. The number of benzene rings is 1. The topological polar surface area (TPSA) is 135 Å². The Morgan fingerprint density at radius 3 is 2.61 bits per heavy atom. The number of fused-ring (bicyclic) bond motifs is 1. The van der Waals surface area contributed by atoms with Crippen LogP contribution in [0.5, 0.6) is 0 Å². The van der Waals surface area contributed by atoms with Gasteiger partial charge < -0.3 is 15.7 Å². The fraction of sp³-hybridized carbons (Fsp3) is 0.320. The van der Waals surface area contributed by atoms with E-state index in [-0.39, 0.29) is 28.2 Å². The van der Waals surface area contributed by atoms with Crippen molar-refractivity contribution in [2.24, 2.45) is 5.73 Å². The third kappa shape index (κ3) is 5.37. The van der Waals surface area contributed by atoms with Gasteiger partial charge in [-0.2, -0.15) is 0 Å². The summed E-state index contributed by atoms with van der Waals surface area (Å²) in [5.74, 6) is 0.0732. The van der Waals surface area contributed by atoms with Crippen molar-refractivity contribution in [2.75, 3.05) is 28.8 Å². The number of piperidine rings is 1. The Balaban J connectivity index is 1.45. The summed E-state index contributed by atoms with van der Waals surface area (Å²) in [6, 6.07) is 10.6. The molecule has 2 unspecified atom stereocenters. The summed E-state index contributed by atoms with van der Waals surface area (Å²) in [6.45, 7) is 0.882. The fourth-order valence-electron chi connectivity index (χ4n) is 4.81. The average Bonchev–Trinajstić information content (AvgIpc) is 3.30. The number of aromatic nitrogens is 3. The van der Waals surface area contributed by atoms with Gasteiger partial charge in [0.2, 0.25) is 10.0 Å². The van der Waals surface area contributed by atoms with E-state index in [0.29, 0.717) is 11.2 Å². The van der Waals surface area contributed by atoms with E-state index in [1.165, 1.54) is 12.2 Å². The highest BCUT2D eigenvalue weighted by Gasteiger charge is 2.34. The van der Waals surface area contributed by atoms with Crippen LogP contribution >= 0.6 is 23.2 Å². The van der Waals surface area contributed by atoms with Gasteiger partial charge in [-0.25, -0.2) is 8.42 Å². The van der Waals surface area contributed by atoms with E-state index in [9.17, 15) is 18.3 Å². The number of hydrogen-bond acceptors (Lipinski definition) is 7. The summed E-state index contributed by atoms with van der Waals surface area (Å²) in [7, 11) is -4.15. The SMILES string of the molecule is NC1CCCN(c2ccc(-n3ccc4cc(N(CC(=O)O)S(=O)(=O)C5C=C(Cl)C=C(Cl)C5)ccc43)nn2)C1. The lowest BCUT2D eigenvalue weighted by molar-refractivity contribution is -0.135. The Hall–Kier alpha value is -3.12. The number of sulfonamides is 1. The third-order valence-electron chi connectivity index (χ3n) is 6.63. The standard InChI is InChI=1S/C25H26Cl2N6O4S/c26-17-11-18(27)13-21(12-17)38(36,37)33(15-25(34)35)20-3-4-22-16(10-20)7-9-32(22)24-6-5-23(29-30-24)31-8-1-2-19(28)14-31/h3-7,9-12,19,21H,1-2,8,13-15,28H2,(H,34,35). The van der Waals surface area contributed by atoms with Crippen molar-refractivity contribution in [1.29, 1.82) is 0 Å². The van der Waals surface area contributed by atoms with Crippen LogP contribution in [0, 0.1) is 0 Å². The van der Waals surface area contributed by atoms with Gasteiger partial charge in [-0.05, 0) is 61.4 Å². The molecule has 0 saturated carbocycles. The van der Waals surface area contributed by atoms with Crippen LogP contribution in [0.25, 0.3) is 16.7 Å². The van der Waals surface area contributed by atoms with E-state index < -0.39 is 27.8 Å². The molecular weight excluding hydrogens is 551 g/mol. The van der Waals surface area contributed by atoms with Crippen LogP contribution in [0.15, 0.2) is 64.8 Å². The number of nitrogens with zero attached hydrogens (tertiary/aromatic N) is 5. The largest absolute Gasteiger partial charge is 0.480 e. The lowest BCUT2D eigenvalue weighted by Crippen LogP contribution is -2.43. The van der Waals surface area contributed by atoms with Gasteiger partial charge in [-0.1, -0.05) is 23.2 Å². The first-order valence-corrected chi connectivity index (χ1v) is 14.3. The third-order valence-corrected chi connectivity index (χ3v) is 9.15. The number of carbonyl (C=O) groups is 1. The highest BCUT2D eigenvalue weighted by atomic mass is 35.5. The number of carboxylic acid groups (broad SMARTS) is 1. The van der Waals surface area contributed by atoms with Crippen LogP contribution in [-0.2, 0) is 14.8 Å². The van der Waals surface area contributed by atoms with Gasteiger partial charge in [0.15, 0.2) is 11.6 Å². The Bertz CT molecular complexity index is 1540. The van der Waals surface area contributed by atoms with E-state index in [2.05, 4.69) is 15.1 Å². The number of rotatable bonds is 7. The molecule has 3 aromatic rings. The van der Waals surface area contributed by atoms with Crippen LogP contribution in [0.3, 0.4) is 0 Å². The van der Waals surface area contributed by atoms with Crippen LogP contribution in [0.2, 0.25) is 0 Å². The van der Waals surface area contributed by atoms with Gasteiger partial charge in [0, 0.05) is 47.2 Å². The Morgan fingerprint density at radius 2 is 1.92 bits per heavy atom. The summed E-state index contributed by atoms with van der Waals surface area (Å²) in [4.78, 5) is 13.8. The lowest BCUT2D eigenvalue weighted by atomic mass is 10.1. The molecule has 1 fully saturated rings. The summed E-state index contributed by atoms with van der Waals surface area (Å²) < 4.78 is 29.7.